The molecule has 0 aliphatic heterocycles. The normalized spacial score (nSPS) is 11.9. The molecule has 2 rings (SSSR count). The van der Waals surface area contributed by atoms with E-state index in [9.17, 15) is 4.79 Å². The number of rotatable bonds is 3. The van der Waals surface area contributed by atoms with Crippen LogP contribution in [0, 0.1) is 0 Å². The van der Waals surface area contributed by atoms with Crippen LogP contribution >= 0.6 is 27.5 Å². The minimum absolute atomic E-state index is 0.143. The van der Waals surface area contributed by atoms with Crippen molar-refractivity contribution >= 4 is 39.1 Å². The fourth-order valence-electron chi connectivity index (χ4n) is 1.91. The summed E-state index contributed by atoms with van der Waals surface area (Å²) >= 11 is 9.44. The summed E-state index contributed by atoms with van der Waals surface area (Å²) < 4.78 is 0.966. The van der Waals surface area contributed by atoms with Crippen LogP contribution in [0.25, 0.3) is 0 Å². The van der Waals surface area contributed by atoms with E-state index in [0.29, 0.717) is 16.3 Å². The van der Waals surface area contributed by atoms with Crippen LogP contribution in [0.3, 0.4) is 0 Å². The number of benzene rings is 2. The number of hydrogen-bond donors (Lipinski definition) is 2. The number of halogens is 2. The van der Waals surface area contributed by atoms with Crippen LogP contribution in [-0.2, 0) is 0 Å². The first-order chi connectivity index (χ1) is 9.49. The minimum Gasteiger partial charge on any atom is -0.398 e. The Morgan fingerprint density at radius 3 is 2.65 bits per heavy atom. The summed E-state index contributed by atoms with van der Waals surface area (Å²) in [6.07, 6.45) is 0. The summed E-state index contributed by atoms with van der Waals surface area (Å²) in [6, 6.07) is 12.6. The van der Waals surface area contributed by atoms with Crippen molar-refractivity contribution in [3.05, 3.63) is 63.1 Å². The standard InChI is InChI=1S/C15H14BrClN2O/c1-9(10-4-2-5-11(16)8-10)19-15(20)14-12(17)6-3-7-13(14)18/h2-9H,18H2,1H3,(H,19,20). The van der Waals surface area contributed by atoms with Crippen molar-refractivity contribution in [2.24, 2.45) is 0 Å². The molecule has 3 nitrogen and oxygen atoms in total. The first-order valence-electron chi connectivity index (χ1n) is 6.09. The number of amides is 1. The number of carbonyl (C=O) groups excluding carboxylic acids is 1. The van der Waals surface area contributed by atoms with Crippen LogP contribution in [0.5, 0.6) is 0 Å². The molecule has 5 heteroatoms. The third-order valence-electron chi connectivity index (χ3n) is 2.97. The van der Waals surface area contributed by atoms with E-state index in [-0.39, 0.29) is 11.9 Å². The van der Waals surface area contributed by atoms with Gasteiger partial charge in [-0.25, -0.2) is 0 Å². The van der Waals surface area contributed by atoms with Crippen molar-refractivity contribution in [2.45, 2.75) is 13.0 Å². The van der Waals surface area contributed by atoms with Crippen molar-refractivity contribution in [1.29, 1.82) is 0 Å². The summed E-state index contributed by atoms with van der Waals surface area (Å²) in [6.45, 7) is 1.91. The molecule has 0 bridgehead atoms. The second kappa shape index (κ2) is 6.29. The van der Waals surface area contributed by atoms with Gasteiger partial charge in [0.1, 0.15) is 0 Å². The van der Waals surface area contributed by atoms with Gasteiger partial charge in [0.2, 0.25) is 0 Å². The SMILES string of the molecule is CC(NC(=O)c1c(N)cccc1Cl)c1cccc(Br)c1. The minimum atomic E-state index is -0.277. The summed E-state index contributed by atoms with van der Waals surface area (Å²) in [5, 5.41) is 3.25. The van der Waals surface area contributed by atoms with Crippen LogP contribution in [0.2, 0.25) is 5.02 Å². The third-order valence-corrected chi connectivity index (χ3v) is 3.78. The Hall–Kier alpha value is -1.52. The molecule has 1 unspecified atom stereocenters. The van der Waals surface area contributed by atoms with Crippen molar-refractivity contribution in [2.75, 3.05) is 5.73 Å². The molecule has 0 aromatic heterocycles. The molecule has 104 valence electrons. The molecule has 0 saturated heterocycles. The molecule has 0 aliphatic rings. The van der Waals surface area contributed by atoms with Gasteiger partial charge in [-0.2, -0.15) is 0 Å². The molecule has 2 aromatic carbocycles. The van der Waals surface area contributed by atoms with Crippen molar-refractivity contribution in [1.82, 2.24) is 5.32 Å². The number of hydrogen-bond acceptors (Lipinski definition) is 2. The lowest BCUT2D eigenvalue weighted by Crippen LogP contribution is -2.27. The zero-order chi connectivity index (χ0) is 14.7. The fourth-order valence-corrected chi connectivity index (χ4v) is 2.59. The largest absolute Gasteiger partial charge is 0.398 e. The lowest BCUT2D eigenvalue weighted by atomic mass is 10.1. The molecule has 3 N–H and O–H groups in total. The summed E-state index contributed by atoms with van der Waals surface area (Å²) in [5.41, 5.74) is 7.49. The molecule has 20 heavy (non-hydrogen) atoms. The number of nitrogens with two attached hydrogens (primary N) is 1. The summed E-state index contributed by atoms with van der Waals surface area (Å²) in [4.78, 5) is 12.3. The van der Waals surface area contributed by atoms with Gasteiger partial charge in [-0.15, -0.1) is 0 Å². The first-order valence-corrected chi connectivity index (χ1v) is 7.26. The van der Waals surface area contributed by atoms with Crippen LogP contribution < -0.4 is 11.1 Å². The van der Waals surface area contributed by atoms with E-state index in [1.165, 1.54) is 0 Å². The zero-order valence-electron chi connectivity index (χ0n) is 10.9. The van der Waals surface area contributed by atoms with Crippen LogP contribution in [0.15, 0.2) is 46.9 Å². The van der Waals surface area contributed by atoms with Gasteiger partial charge in [0.05, 0.1) is 16.6 Å². The highest BCUT2D eigenvalue weighted by Gasteiger charge is 2.16. The van der Waals surface area contributed by atoms with Crippen molar-refractivity contribution < 1.29 is 4.79 Å². The Morgan fingerprint density at radius 2 is 2.00 bits per heavy atom. The van der Waals surface area contributed by atoms with Gasteiger partial charge in [0.15, 0.2) is 0 Å². The molecule has 0 heterocycles. The van der Waals surface area contributed by atoms with E-state index in [0.717, 1.165) is 10.0 Å². The summed E-state index contributed by atoms with van der Waals surface area (Å²) in [5.74, 6) is -0.277. The maximum atomic E-state index is 12.3. The maximum Gasteiger partial charge on any atom is 0.255 e. The second-order valence-corrected chi connectivity index (χ2v) is 5.78. The quantitative estimate of drug-likeness (QED) is 0.813. The van der Waals surface area contributed by atoms with E-state index in [1.807, 2.05) is 31.2 Å². The van der Waals surface area contributed by atoms with Crippen LogP contribution in [0.1, 0.15) is 28.9 Å². The first kappa shape index (κ1) is 14.9. The van der Waals surface area contributed by atoms with Gasteiger partial charge in [0.25, 0.3) is 5.91 Å². The van der Waals surface area contributed by atoms with E-state index in [4.69, 9.17) is 17.3 Å². The predicted octanol–water partition coefficient (Wildman–Crippen LogP) is 4.18. The van der Waals surface area contributed by atoms with Gasteiger partial charge in [-0.05, 0) is 36.8 Å². The van der Waals surface area contributed by atoms with E-state index in [1.54, 1.807) is 18.2 Å². The Balaban J connectivity index is 2.20. The molecular formula is C15H14BrClN2O. The van der Waals surface area contributed by atoms with Crippen molar-refractivity contribution in [3.8, 4) is 0 Å². The van der Waals surface area contributed by atoms with Gasteiger partial charge >= 0.3 is 0 Å². The molecule has 0 radical (unpaired) electrons. The smallest absolute Gasteiger partial charge is 0.255 e. The van der Waals surface area contributed by atoms with E-state index >= 15 is 0 Å². The number of nitrogen functional groups attached to an aromatic ring is 1. The lowest BCUT2D eigenvalue weighted by Gasteiger charge is -2.16. The molecule has 0 saturated carbocycles. The van der Waals surface area contributed by atoms with Crippen LogP contribution in [-0.4, -0.2) is 5.91 Å². The van der Waals surface area contributed by atoms with Crippen molar-refractivity contribution in [3.63, 3.8) is 0 Å². The van der Waals surface area contributed by atoms with E-state index in [2.05, 4.69) is 21.2 Å². The van der Waals surface area contributed by atoms with E-state index < -0.39 is 0 Å². The Bertz CT molecular complexity index is 625. The second-order valence-electron chi connectivity index (χ2n) is 4.45. The molecule has 0 aliphatic carbocycles. The number of carbonyl (C=O) groups is 1. The highest BCUT2D eigenvalue weighted by atomic mass is 79.9. The molecule has 0 fully saturated rings. The summed E-state index contributed by atoms with van der Waals surface area (Å²) in [7, 11) is 0. The highest BCUT2D eigenvalue weighted by molar-refractivity contribution is 9.10. The molecule has 1 atom stereocenters. The Kier molecular flexibility index (Phi) is 4.68. The Morgan fingerprint density at radius 1 is 1.30 bits per heavy atom. The zero-order valence-corrected chi connectivity index (χ0v) is 13.2. The number of anilines is 1. The van der Waals surface area contributed by atoms with Gasteiger partial charge in [0, 0.05) is 10.2 Å². The average Bonchev–Trinajstić information content (AvgIpc) is 2.38. The topological polar surface area (TPSA) is 55.1 Å². The van der Waals surface area contributed by atoms with Gasteiger partial charge < -0.3 is 11.1 Å². The molecular weight excluding hydrogens is 340 g/mol. The van der Waals surface area contributed by atoms with Gasteiger partial charge in [-0.3, -0.25) is 4.79 Å². The monoisotopic (exact) mass is 352 g/mol. The third kappa shape index (κ3) is 3.32. The Labute approximate surface area is 131 Å². The molecule has 1 amide bonds. The van der Waals surface area contributed by atoms with Gasteiger partial charge in [-0.1, -0.05) is 45.7 Å². The fraction of sp³-hybridized carbons (Fsp3) is 0.133. The highest BCUT2D eigenvalue weighted by Crippen LogP contribution is 2.23. The predicted molar refractivity (Wildman–Crippen MR) is 85.9 cm³/mol. The van der Waals surface area contributed by atoms with Crippen LogP contribution in [0.4, 0.5) is 5.69 Å². The average molecular weight is 354 g/mol. The molecule has 2 aromatic rings. The lowest BCUT2D eigenvalue weighted by molar-refractivity contribution is 0.0941. The number of nitrogens with one attached hydrogen (secondary N) is 1. The maximum absolute atomic E-state index is 12.3. The molecule has 0 spiro atoms.